The topological polar surface area (TPSA) is 9.72 Å². The monoisotopic (exact) mass is 225 g/mol. The second-order valence-corrected chi connectivity index (χ2v) is 4.10. The molecule has 0 atom stereocenters. The third-order valence-corrected chi connectivity index (χ3v) is 3.86. The van der Waals surface area contributed by atoms with Crippen molar-refractivity contribution in [1.82, 2.24) is 13.7 Å². The lowest BCUT2D eigenvalue weighted by Crippen LogP contribution is -2.69. The highest BCUT2D eigenvalue weighted by atomic mass is 35.5. The summed E-state index contributed by atoms with van der Waals surface area (Å²) in [6.45, 7) is 2.21. The van der Waals surface area contributed by atoms with Gasteiger partial charge in [-0.05, 0) is 25.9 Å². The molecule has 0 aromatic rings. The zero-order chi connectivity index (χ0) is 9.46. The van der Waals surface area contributed by atoms with E-state index in [2.05, 4.69) is 0 Å². The molecule has 0 radical (unpaired) electrons. The van der Waals surface area contributed by atoms with Crippen LogP contribution in [0, 0.1) is 0 Å². The average Bonchev–Trinajstić information content (AvgIpc) is 2.08. The summed E-state index contributed by atoms with van der Waals surface area (Å²) in [5, 5.41) is 0. The fourth-order valence-electron chi connectivity index (χ4n) is 1.09. The Kier molecular flexibility index (Phi) is 3.66. The molecular formula is C3H9B3Cl3N3. The molecule has 1 heterocycles. The number of hydrogen-bond acceptors (Lipinski definition) is 3. The van der Waals surface area contributed by atoms with Crippen molar-refractivity contribution in [2.24, 2.45) is 0 Å². The molecule has 0 bridgehead atoms. The summed E-state index contributed by atoms with van der Waals surface area (Å²) >= 11 is 17.8. The standard InChI is InChI=1S/C3H9B3Cl3N3/c1-4-10(2)5(7)12(9)6(8)11(4)3/h1-3H3. The van der Waals surface area contributed by atoms with E-state index in [4.69, 9.17) is 34.7 Å². The Morgan fingerprint density at radius 2 is 1.33 bits per heavy atom. The number of hydrogen-bond donors (Lipinski definition) is 0. The van der Waals surface area contributed by atoms with Crippen molar-refractivity contribution >= 4 is 54.5 Å². The van der Waals surface area contributed by atoms with E-state index in [1.54, 1.807) is 0 Å². The highest BCUT2D eigenvalue weighted by Gasteiger charge is 2.46. The molecule has 1 saturated heterocycles. The molecule has 1 rings (SSSR count). The van der Waals surface area contributed by atoms with Crippen molar-refractivity contribution in [2.75, 3.05) is 14.1 Å². The summed E-state index contributed by atoms with van der Waals surface area (Å²) in [4.78, 5) is 0. The van der Waals surface area contributed by atoms with Gasteiger partial charge in [-0.25, -0.2) is 4.24 Å². The molecule has 0 N–H and O–H groups in total. The first-order valence-electron chi connectivity index (χ1n) is 3.63. The fraction of sp³-hybridized carbons (Fsp3) is 1.00. The SMILES string of the molecule is CB1N(C)B(Cl)N(Cl)B(Cl)N1C. The van der Waals surface area contributed by atoms with Crippen LogP contribution >= 0.6 is 34.7 Å². The summed E-state index contributed by atoms with van der Waals surface area (Å²) in [5.41, 5.74) is 0. The van der Waals surface area contributed by atoms with Crippen LogP contribution < -0.4 is 0 Å². The third-order valence-electron chi connectivity index (χ3n) is 2.26. The number of nitrogens with zero attached hydrogens (tertiary/aromatic N) is 3. The van der Waals surface area contributed by atoms with Crippen LogP contribution in [0.25, 0.3) is 0 Å². The van der Waals surface area contributed by atoms with Crippen molar-refractivity contribution in [3.63, 3.8) is 0 Å². The van der Waals surface area contributed by atoms with Gasteiger partial charge in [-0.2, -0.15) is 0 Å². The molecule has 0 aromatic heterocycles. The second kappa shape index (κ2) is 3.99. The maximum absolute atomic E-state index is 5.98. The van der Waals surface area contributed by atoms with Crippen molar-refractivity contribution in [3.8, 4) is 0 Å². The maximum Gasteiger partial charge on any atom is 0.414 e. The minimum atomic E-state index is -0.361. The molecule has 0 aliphatic carbocycles. The average molecular weight is 226 g/mol. The Labute approximate surface area is 89.2 Å². The number of halogens is 3. The van der Waals surface area contributed by atoms with E-state index in [0.717, 1.165) is 0 Å². The molecule has 0 saturated carbocycles. The predicted octanol–water partition coefficient (Wildman–Crippen LogP) is 0.885. The normalized spacial score (nSPS) is 24.0. The van der Waals surface area contributed by atoms with Crippen molar-refractivity contribution in [2.45, 2.75) is 6.82 Å². The molecule has 1 aliphatic heterocycles. The predicted molar refractivity (Wildman–Crippen MR) is 58.1 cm³/mol. The van der Waals surface area contributed by atoms with Crippen LogP contribution in [0.2, 0.25) is 6.82 Å². The van der Waals surface area contributed by atoms with Crippen LogP contribution in [-0.4, -0.2) is 47.6 Å². The Bertz CT molecular complexity index is 116. The van der Waals surface area contributed by atoms with Gasteiger partial charge >= 0.3 is 12.8 Å². The molecular weight excluding hydrogens is 217 g/mol. The van der Waals surface area contributed by atoms with Crippen LogP contribution in [0.5, 0.6) is 0 Å². The van der Waals surface area contributed by atoms with Gasteiger partial charge in [0.25, 0.3) is 6.98 Å². The lowest BCUT2D eigenvalue weighted by molar-refractivity contribution is 0.613. The quantitative estimate of drug-likeness (QED) is 0.448. The van der Waals surface area contributed by atoms with Crippen LogP contribution in [0.4, 0.5) is 0 Å². The lowest BCUT2D eigenvalue weighted by atomic mass is 9.61. The molecule has 66 valence electrons. The molecule has 0 aromatic carbocycles. The van der Waals surface area contributed by atoms with Crippen LogP contribution in [0.3, 0.4) is 0 Å². The lowest BCUT2D eigenvalue weighted by Gasteiger charge is -2.42. The van der Waals surface area contributed by atoms with E-state index in [1.165, 1.54) is 4.24 Å². The van der Waals surface area contributed by atoms with Crippen LogP contribution in [-0.2, 0) is 0 Å². The van der Waals surface area contributed by atoms with Gasteiger partial charge in [0, 0.05) is 0 Å². The van der Waals surface area contributed by atoms with Gasteiger partial charge in [-0.3, -0.25) is 0 Å². The summed E-state index contributed by atoms with van der Waals surface area (Å²) in [6.07, 6.45) is -0.722. The van der Waals surface area contributed by atoms with Gasteiger partial charge < -0.3 is 9.44 Å². The highest BCUT2D eigenvalue weighted by Crippen LogP contribution is 2.22. The van der Waals surface area contributed by atoms with Crippen molar-refractivity contribution in [3.05, 3.63) is 0 Å². The van der Waals surface area contributed by atoms with E-state index < -0.39 is 0 Å². The zero-order valence-corrected chi connectivity index (χ0v) is 9.48. The minimum absolute atomic E-state index is 0.185. The molecule has 3 nitrogen and oxygen atoms in total. The summed E-state index contributed by atoms with van der Waals surface area (Å²) in [5.74, 6) is 0. The molecule has 12 heavy (non-hydrogen) atoms. The summed E-state index contributed by atoms with van der Waals surface area (Å²) in [7, 11) is 3.80. The van der Waals surface area contributed by atoms with E-state index in [-0.39, 0.29) is 19.8 Å². The van der Waals surface area contributed by atoms with E-state index in [9.17, 15) is 0 Å². The molecule has 1 fully saturated rings. The Hall–Kier alpha value is 0.945. The van der Waals surface area contributed by atoms with E-state index >= 15 is 0 Å². The molecule has 1 aliphatic rings. The highest BCUT2D eigenvalue weighted by molar-refractivity contribution is 7.21. The molecule has 9 heteroatoms. The molecule has 0 spiro atoms. The summed E-state index contributed by atoms with van der Waals surface area (Å²) in [6, 6.07) is 0. The maximum atomic E-state index is 5.98. The third kappa shape index (κ3) is 1.74. The van der Waals surface area contributed by atoms with Gasteiger partial charge in [0.2, 0.25) is 0 Å². The number of rotatable bonds is 0. The van der Waals surface area contributed by atoms with Crippen molar-refractivity contribution < 1.29 is 0 Å². The first-order chi connectivity index (χ1) is 5.46. The largest absolute Gasteiger partial charge is 0.414 e. The van der Waals surface area contributed by atoms with Gasteiger partial charge in [-0.1, -0.05) is 6.82 Å². The van der Waals surface area contributed by atoms with Gasteiger partial charge in [0.05, 0.1) is 0 Å². The Morgan fingerprint density at radius 1 is 1.00 bits per heavy atom. The molecule has 0 unspecified atom stereocenters. The van der Waals surface area contributed by atoms with E-state index in [1.807, 2.05) is 30.4 Å². The first kappa shape index (κ1) is 11.0. The Morgan fingerprint density at radius 3 is 1.67 bits per heavy atom. The van der Waals surface area contributed by atoms with Gasteiger partial charge in [-0.15, -0.1) is 22.9 Å². The van der Waals surface area contributed by atoms with Gasteiger partial charge in [0.1, 0.15) is 0 Å². The Balaban J connectivity index is 2.76. The zero-order valence-electron chi connectivity index (χ0n) is 7.21. The smallest absolute Gasteiger partial charge is 0.345 e. The fourth-order valence-corrected chi connectivity index (χ4v) is 1.97. The van der Waals surface area contributed by atoms with Crippen LogP contribution in [0.1, 0.15) is 0 Å². The van der Waals surface area contributed by atoms with Crippen LogP contribution in [0.15, 0.2) is 0 Å². The second-order valence-electron chi connectivity index (χ2n) is 2.93. The minimum Gasteiger partial charge on any atom is -0.345 e. The molecule has 0 amide bonds. The first-order valence-corrected chi connectivity index (χ1v) is 4.84. The summed E-state index contributed by atoms with van der Waals surface area (Å²) < 4.78 is 5.23. The van der Waals surface area contributed by atoms with Crippen molar-refractivity contribution in [1.29, 1.82) is 0 Å². The van der Waals surface area contributed by atoms with Gasteiger partial charge in [0.15, 0.2) is 0 Å². The van der Waals surface area contributed by atoms with E-state index in [0.29, 0.717) is 0 Å².